The fourth-order valence-corrected chi connectivity index (χ4v) is 5.57. The van der Waals surface area contributed by atoms with Crippen LogP contribution in [0.2, 0.25) is 10.0 Å². The van der Waals surface area contributed by atoms with Crippen molar-refractivity contribution in [3.8, 4) is 11.5 Å². The van der Waals surface area contributed by atoms with Gasteiger partial charge >= 0.3 is 0 Å². The first-order chi connectivity index (χ1) is 16.3. The highest BCUT2D eigenvalue weighted by Gasteiger charge is 2.33. The molecular formula is C24H15Cl2FINO3S2. The highest BCUT2D eigenvalue weighted by Crippen LogP contribution is 2.40. The van der Waals surface area contributed by atoms with Gasteiger partial charge in [0.25, 0.3) is 5.91 Å². The summed E-state index contributed by atoms with van der Waals surface area (Å²) < 4.78 is 26.5. The minimum atomic E-state index is -0.336. The number of rotatable bonds is 6. The number of thiocarbonyl (C=S) groups is 1. The minimum Gasteiger partial charge on any atom is -0.493 e. The molecule has 0 aliphatic carbocycles. The average molecular weight is 646 g/mol. The Morgan fingerprint density at radius 1 is 1.15 bits per heavy atom. The van der Waals surface area contributed by atoms with Crippen molar-refractivity contribution < 1.29 is 18.7 Å². The molecule has 0 spiro atoms. The highest BCUT2D eigenvalue weighted by molar-refractivity contribution is 14.1. The maximum absolute atomic E-state index is 13.9. The van der Waals surface area contributed by atoms with Gasteiger partial charge in [0.2, 0.25) is 0 Å². The fourth-order valence-electron chi connectivity index (χ4n) is 3.19. The van der Waals surface area contributed by atoms with E-state index < -0.39 is 0 Å². The molecule has 1 aliphatic rings. The molecule has 4 nitrogen and oxygen atoms in total. The lowest BCUT2D eigenvalue weighted by Crippen LogP contribution is -2.27. The van der Waals surface area contributed by atoms with E-state index in [1.165, 1.54) is 29.8 Å². The zero-order chi connectivity index (χ0) is 24.4. The van der Waals surface area contributed by atoms with Gasteiger partial charge in [0, 0.05) is 5.56 Å². The van der Waals surface area contributed by atoms with Gasteiger partial charge in [-0.3, -0.25) is 9.69 Å². The quantitative estimate of drug-likeness (QED) is 0.156. The van der Waals surface area contributed by atoms with Crippen LogP contribution in [-0.2, 0) is 11.4 Å². The molecule has 4 rings (SSSR count). The molecule has 1 saturated heterocycles. The summed E-state index contributed by atoms with van der Waals surface area (Å²) >= 11 is 20.8. The summed E-state index contributed by atoms with van der Waals surface area (Å²) in [7, 11) is 1.52. The number of thioether (sulfide) groups is 1. The van der Waals surface area contributed by atoms with Gasteiger partial charge in [0.05, 0.1) is 31.3 Å². The Bertz CT molecular complexity index is 1340. The number of amides is 1. The first-order valence-corrected chi connectivity index (χ1v) is 12.8. The number of carbonyl (C=O) groups is 1. The van der Waals surface area contributed by atoms with Gasteiger partial charge < -0.3 is 9.47 Å². The first kappa shape index (κ1) is 25.2. The average Bonchev–Trinajstić information content (AvgIpc) is 3.08. The molecule has 3 aromatic rings. The Hall–Kier alpha value is -1.85. The maximum atomic E-state index is 13.9. The Kier molecular flexibility index (Phi) is 8.04. The van der Waals surface area contributed by atoms with Crippen LogP contribution >= 0.6 is 69.8 Å². The van der Waals surface area contributed by atoms with E-state index in [0.29, 0.717) is 42.0 Å². The molecule has 0 unspecified atom stereocenters. The zero-order valence-corrected chi connectivity index (χ0v) is 22.8. The zero-order valence-electron chi connectivity index (χ0n) is 17.5. The number of hydrogen-bond acceptors (Lipinski definition) is 5. The highest BCUT2D eigenvalue weighted by atomic mass is 127. The summed E-state index contributed by atoms with van der Waals surface area (Å²) in [6.07, 6.45) is 1.74. The normalized spacial score (nSPS) is 14.7. The third kappa shape index (κ3) is 5.36. The fraction of sp³-hybridized carbons (Fsp3) is 0.0833. The van der Waals surface area contributed by atoms with E-state index in [-0.39, 0.29) is 18.3 Å². The van der Waals surface area contributed by atoms with Crippen molar-refractivity contribution in [1.82, 2.24) is 0 Å². The Morgan fingerprint density at radius 2 is 1.91 bits per heavy atom. The van der Waals surface area contributed by atoms with Crippen molar-refractivity contribution in [1.29, 1.82) is 0 Å². The van der Waals surface area contributed by atoms with Crippen LogP contribution in [0, 0.1) is 9.39 Å². The van der Waals surface area contributed by atoms with Gasteiger partial charge in [0.1, 0.15) is 12.4 Å². The molecule has 34 heavy (non-hydrogen) atoms. The van der Waals surface area contributed by atoms with Crippen LogP contribution in [0.3, 0.4) is 0 Å². The minimum absolute atomic E-state index is 0.0562. The largest absolute Gasteiger partial charge is 0.493 e. The lowest BCUT2D eigenvalue weighted by molar-refractivity contribution is -0.113. The summed E-state index contributed by atoms with van der Waals surface area (Å²) in [5.74, 6) is 0.362. The standard InChI is InChI=1S/C24H15Cl2FINO3S2/c1-31-20-9-13(8-19(28)22(20)32-12-14-4-2-3-5-18(14)27)10-21-23(30)29(24(33)34-21)15-6-7-16(25)17(26)11-15/h2-11H,12H2,1H3/b21-10-. The van der Waals surface area contributed by atoms with Crippen LogP contribution in [0.1, 0.15) is 11.1 Å². The molecule has 0 atom stereocenters. The van der Waals surface area contributed by atoms with Gasteiger partial charge in [-0.25, -0.2) is 4.39 Å². The number of carbonyl (C=O) groups excluding carboxylic acids is 1. The van der Waals surface area contributed by atoms with E-state index in [2.05, 4.69) is 22.6 Å². The lowest BCUT2D eigenvalue weighted by atomic mass is 10.1. The molecule has 0 saturated carbocycles. The summed E-state index contributed by atoms with van der Waals surface area (Å²) in [6.45, 7) is 0.0562. The smallest absolute Gasteiger partial charge is 0.270 e. The van der Waals surface area contributed by atoms with E-state index in [1.807, 2.05) is 6.07 Å². The molecule has 1 heterocycles. The van der Waals surface area contributed by atoms with Crippen molar-refractivity contribution in [2.45, 2.75) is 6.61 Å². The molecule has 1 fully saturated rings. The van der Waals surface area contributed by atoms with Gasteiger partial charge in [0.15, 0.2) is 15.8 Å². The monoisotopic (exact) mass is 645 g/mol. The second kappa shape index (κ2) is 10.8. The van der Waals surface area contributed by atoms with E-state index in [1.54, 1.807) is 48.5 Å². The van der Waals surface area contributed by atoms with Crippen molar-refractivity contribution in [3.05, 3.63) is 90.1 Å². The second-order valence-corrected chi connectivity index (χ2v) is 10.7. The first-order valence-electron chi connectivity index (χ1n) is 9.75. The Labute approximate surface area is 229 Å². The van der Waals surface area contributed by atoms with Gasteiger partial charge in [-0.15, -0.1) is 0 Å². The molecule has 0 bridgehead atoms. The molecule has 0 radical (unpaired) electrons. The van der Waals surface area contributed by atoms with Crippen molar-refractivity contribution in [2.24, 2.45) is 0 Å². The van der Waals surface area contributed by atoms with E-state index in [0.717, 1.165) is 9.13 Å². The van der Waals surface area contributed by atoms with E-state index >= 15 is 0 Å². The van der Waals surface area contributed by atoms with Crippen LogP contribution in [0.15, 0.2) is 59.5 Å². The molecule has 0 N–H and O–H groups in total. The van der Waals surface area contributed by atoms with Crippen LogP contribution in [-0.4, -0.2) is 17.3 Å². The molecule has 3 aromatic carbocycles. The number of benzene rings is 3. The maximum Gasteiger partial charge on any atom is 0.270 e. The van der Waals surface area contributed by atoms with Gasteiger partial charge in [-0.2, -0.15) is 0 Å². The predicted octanol–water partition coefficient (Wildman–Crippen LogP) is 7.73. The lowest BCUT2D eigenvalue weighted by Gasteiger charge is -2.15. The Balaban J connectivity index is 1.59. The topological polar surface area (TPSA) is 38.8 Å². The summed E-state index contributed by atoms with van der Waals surface area (Å²) in [5, 5.41) is 0.729. The molecule has 1 amide bonds. The third-order valence-corrected chi connectivity index (χ3v) is 7.68. The molecule has 0 aromatic heterocycles. The van der Waals surface area contributed by atoms with Gasteiger partial charge in [-0.05, 0) is 70.6 Å². The summed E-state index contributed by atoms with van der Waals surface area (Å²) in [6, 6.07) is 15.0. The van der Waals surface area contributed by atoms with Crippen LogP contribution < -0.4 is 14.4 Å². The van der Waals surface area contributed by atoms with E-state index in [4.69, 9.17) is 44.9 Å². The molecule has 1 aliphatic heterocycles. The van der Waals surface area contributed by atoms with Crippen molar-refractivity contribution in [2.75, 3.05) is 12.0 Å². The number of halogens is 4. The number of anilines is 1. The predicted molar refractivity (Wildman–Crippen MR) is 149 cm³/mol. The van der Waals surface area contributed by atoms with Crippen LogP contribution in [0.4, 0.5) is 10.1 Å². The number of nitrogens with zero attached hydrogens (tertiary/aromatic N) is 1. The van der Waals surface area contributed by atoms with Gasteiger partial charge in [-0.1, -0.05) is 65.4 Å². The summed E-state index contributed by atoms with van der Waals surface area (Å²) in [5.41, 5.74) is 1.72. The SMILES string of the molecule is COc1cc(/C=C2\SC(=S)N(c3ccc(Cl)c(Cl)c3)C2=O)cc(I)c1OCc1ccccc1F. The van der Waals surface area contributed by atoms with Crippen LogP contribution in [0.5, 0.6) is 11.5 Å². The second-order valence-electron chi connectivity index (χ2n) is 7.03. The summed E-state index contributed by atoms with van der Waals surface area (Å²) in [4.78, 5) is 15.0. The Morgan fingerprint density at radius 3 is 2.62 bits per heavy atom. The third-order valence-electron chi connectivity index (χ3n) is 4.83. The number of hydrogen-bond donors (Lipinski definition) is 0. The number of methoxy groups -OCH3 is 1. The molecule has 174 valence electrons. The molecular weight excluding hydrogens is 631 g/mol. The van der Waals surface area contributed by atoms with Crippen molar-refractivity contribution in [3.63, 3.8) is 0 Å². The number of ether oxygens (including phenoxy) is 2. The molecule has 10 heteroatoms. The van der Waals surface area contributed by atoms with Crippen LogP contribution in [0.25, 0.3) is 6.08 Å². The van der Waals surface area contributed by atoms with E-state index in [9.17, 15) is 9.18 Å². The van der Waals surface area contributed by atoms with Crippen molar-refractivity contribution >= 4 is 91.8 Å².